The highest BCUT2D eigenvalue weighted by Gasteiger charge is 2.21. The number of aromatic nitrogens is 1. The Labute approximate surface area is 89.3 Å². The Morgan fingerprint density at radius 1 is 1.67 bits per heavy atom. The van der Waals surface area contributed by atoms with Crippen molar-refractivity contribution in [3.63, 3.8) is 0 Å². The van der Waals surface area contributed by atoms with Crippen molar-refractivity contribution in [1.29, 1.82) is 0 Å². The highest BCUT2D eigenvalue weighted by molar-refractivity contribution is 5.96. The third-order valence-corrected chi connectivity index (χ3v) is 2.05. The van der Waals surface area contributed by atoms with Crippen LogP contribution in [0.15, 0.2) is 17.2 Å². The van der Waals surface area contributed by atoms with Crippen molar-refractivity contribution in [2.75, 3.05) is 6.54 Å². The minimum atomic E-state index is -0.155. The number of amides is 1. The van der Waals surface area contributed by atoms with Crippen LogP contribution in [0.4, 0.5) is 0 Å². The average Bonchev–Trinajstić information content (AvgIpc) is 2.56. The monoisotopic (exact) mass is 208 g/mol. The Bertz CT molecular complexity index is 367. The number of nitrogens with one attached hydrogen (secondary N) is 1. The lowest BCUT2D eigenvalue weighted by Gasteiger charge is -2.04. The number of carbonyl (C=O) groups is 1. The van der Waals surface area contributed by atoms with Gasteiger partial charge in [-0.25, -0.2) is 0 Å². The smallest absolute Gasteiger partial charge is 0.257 e. The standard InChI is InChI=1S/C11H16N2O2/c1-5-6-12-11(14)9-8(4)13-15-10(9)7(2)3/h5,7H,1,6H2,2-4H3,(H,12,14). The zero-order valence-electron chi connectivity index (χ0n) is 9.33. The highest BCUT2D eigenvalue weighted by Crippen LogP contribution is 2.21. The molecule has 1 N–H and O–H groups in total. The van der Waals surface area contributed by atoms with Gasteiger partial charge in [-0.3, -0.25) is 4.79 Å². The summed E-state index contributed by atoms with van der Waals surface area (Å²) in [5.41, 5.74) is 1.17. The van der Waals surface area contributed by atoms with Crippen LogP contribution in [0, 0.1) is 6.92 Å². The summed E-state index contributed by atoms with van der Waals surface area (Å²) < 4.78 is 5.12. The van der Waals surface area contributed by atoms with E-state index < -0.39 is 0 Å². The second kappa shape index (κ2) is 4.77. The van der Waals surface area contributed by atoms with Crippen LogP contribution in [0.1, 0.15) is 41.6 Å². The molecule has 82 valence electrons. The van der Waals surface area contributed by atoms with Crippen LogP contribution in [0.2, 0.25) is 0 Å². The first-order chi connectivity index (χ1) is 7.07. The van der Waals surface area contributed by atoms with Gasteiger partial charge >= 0.3 is 0 Å². The van der Waals surface area contributed by atoms with E-state index in [0.717, 1.165) is 0 Å². The van der Waals surface area contributed by atoms with Crippen LogP contribution in [-0.2, 0) is 0 Å². The minimum Gasteiger partial charge on any atom is -0.360 e. The van der Waals surface area contributed by atoms with E-state index in [1.807, 2.05) is 13.8 Å². The molecule has 1 aromatic rings. The van der Waals surface area contributed by atoms with Gasteiger partial charge in [-0.2, -0.15) is 0 Å². The molecule has 0 saturated heterocycles. The third-order valence-electron chi connectivity index (χ3n) is 2.05. The first-order valence-corrected chi connectivity index (χ1v) is 4.93. The summed E-state index contributed by atoms with van der Waals surface area (Å²) in [5, 5.41) is 6.52. The molecule has 0 radical (unpaired) electrons. The molecule has 0 aliphatic rings. The number of rotatable bonds is 4. The fraction of sp³-hybridized carbons (Fsp3) is 0.455. The Morgan fingerprint density at radius 3 is 2.87 bits per heavy atom. The average molecular weight is 208 g/mol. The van der Waals surface area contributed by atoms with Gasteiger partial charge in [0, 0.05) is 12.5 Å². The molecule has 0 saturated carbocycles. The number of carbonyl (C=O) groups excluding carboxylic acids is 1. The molecule has 1 heterocycles. The Kier molecular flexibility index (Phi) is 3.66. The maximum atomic E-state index is 11.8. The van der Waals surface area contributed by atoms with Gasteiger partial charge in [0.1, 0.15) is 5.56 Å². The van der Waals surface area contributed by atoms with Crippen LogP contribution in [0.25, 0.3) is 0 Å². The van der Waals surface area contributed by atoms with Crippen molar-refractivity contribution in [3.05, 3.63) is 29.7 Å². The molecule has 1 aromatic heterocycles. The molecule has 0 fully saturated rings. The normalized spacial score (nSPS) is 10.4. The third kappa shape index (κ3) is 2.46. The Morgan fingerprint density at radius 2 is 2.33 bits per heavy atom. The lowest BCUT2D eigenvalue weighted by Crippen LogP contribution is -2.24. The van der Waals surface area contributed by atoms with Gasteiger partial charge in [-0.1, -0.05) is 25.1 Å². The van der Waals surface area contributed by atoms with E-state index in [9.17, 15) is 4.79 Å². The maximum Gasteiger partial charge on any atom is 0.257 e. The fourth-order valence-electron chi connectivity index (χ4n) is 1.31. The van der Waals surface area contributed by atoms with Crippen molar-refractivity contribution >= 4 is 5.91 Å². The molecule has 1 rings (SSSR count). The van der Waals surface area contributed by atoms with Crippen molar-refractivity contribution in [2.45, 2.75) is 26.7 Å². The first-order valence-electron chi connectivity index (χ1n) is 4.93. The van der Waals surface area contributed by atoms with Crippen molar-refractivity contribution < 1.29 is 9.32 Å². The molecule has 0 spiro atoms. The molecule has 4 heteroatoms. The lowest BCUT2D eigenvalue weighted by molar-refractivity contribution is 0.0955. The highest BCUT2D eigenvalue weighted by atomic mass is 16.5. The number of aryl methyl sites for hydroxylation is 1. The van der Waals surface area contributed by atoms with Crippen molar-refractivity contribution in [1.82, 2.24) is 10.5 Å². The maximum absolute atomic E-state index is 11.8. The van der Waals surface area contributed by atoms with Crippen LogP contribution in [0.5, 0.6) is 0 Å². The van der Waals surface area contributed by atoms with Gasteiger partial charge in [0.15, 0.2) is 5.76 Å². The SMILES string of the molecule is C=CCNC(=O)c1c(C)noc1C(C)C. The minimum absolute atomic E-state index is 0.149. The predicted octanol–water partition coefficient (Wildman–Crippen LogP) is 2.02. The van der Waals surface area contributed by atoms with Gasteiger partial charge in [0.2, 0.25) is 0 Å². The van der Waals surface area contributed by atoms with E-state index in [1.54, 1.807) is 13.0 Å². The van der Waals surface area contributed by atoms with E-state index in [1.165, 1.54) is 0 Å². The van der Waals surface area contributed by atoms with Gasteiger partial charge in [-0.05, 0) is 6.92 Å². The molecule has 0 bridgehead atoms. The summed E-state index contributed by atoms with van der Waals surface area (Å²) in [4.78, 5) is 11.8. The van der Waals surface area contributed by atoms with Crippen LogP contribution in [0.3, 0.4) is 0 Å². The molecule has 15 heavy (non-hydrogen) atoms. The van der Waals surface area contributed by atoms with E-state index >= 15 is 0 Å². The van der Waals surface area contributed by atoms with Gasteiger partial charge in [0.25, 0.3) is 5.91 Å². The van der Waals surface area contributed by atoms with E-state index in [2.05, 4.69) is 17.1 Å². The van der Waals surface area contributed by atoms with E-state index in [0.29, 0.717) is 23.6 Å². The second-order valence-electron chi connectivity index (χ2n) is 3.66. The quantitative estimate of drug-likeness (QED) is 0.770. The molecule has 0 atom stereocenters. The van der Waals surface area contributed by atoms with Gasteiger partial charge in [0.05, 0.1) is 5.69 Å². The number of hydrogen-bond acceptors (Lipinski definition) is 3. The lowest BCUT2D eigenvalue weighted by atomic mass is 10.0. The molecule has 0 aliphatic heterocycles. The molecule has 0 aliphatic carbocycles. The van der Waals surface area contributed by atoms with Crippen LogP contribution >= 0.6 is 0 Å². The summed E-state index contributed by atoms with van der Waals surface area (Å²) in [5.74, 6) is 0.627. The zero-order chi connectivity index (χ0) is 11.4. The predicted molar refractivity (Wildman–Crippen MR) is 57.9 cm³/mol. The Hall–Kier alpha value is -1.58. The summed E-state index contributed by atoms with van der Waals surface area (Å²) >= 11 is 0. The summed E-state index contributed by atoms with van der Waals surface area (Å²) in [6, 6.07) is 0. The molecule has 4 nitrogen and oxygen atoms in total. The fourth-order valence-corrected chi connectivity index (χ4v) is 1.31. The van der Waals surface area contributed by atoms with E-state index in [4.69, 9.17) is 4.52 Å². The molecule has 0 aromatic carbocycles. The summed E-state index contributed by atoms with van der Waals surface area (Å²) in [7, 11) is 0. The molecule has 1 amide bonds. The van der Waals surface area contributed by atoms with Gasteiger partial charge in [-0.15, -0.1) is 6.58 Å². The van der Waals surface area contributed by atoms with Crippen LogP contribution in [-0.4, -0.2) is 17.6 Å². The second-order valence-corrected chi connectivity index (χ2v) is 3.66. The number of nitrogens with zero attached hydrogens (tertiary/aromatic N) is 1. The topological polar surface area (TPSA) is 55.1 Å². The van der Waals surface area contributed by atoms with Crippen LogP contribution < -0.4 is 5.32 Å². The van der Waals surface area contributed by atoms with E-state index in [-0.39, 0.29) is 11.8 Å². The number of hydrogen-bond donors (Lipinski definition) is 1. The first kappa shape index (κ1) is 11.5. The molecular formula is C11H16N2O2. The summed E-state index contributed by atoms with van der Waals surface area (Å²) in [6.45, 7) is 9.67. The Balaban J connectivity index is 2.95. The zero-order valence-corrected chi connectivity index (χ0v) is 9.33. The molecular weight excluding hydrogens is 192 g/mol. The summed E-state index contributed by atoms with van der Waals surface area (Å²) in [6.07, 6.45) is 1.63. The molecule has 0 unspecified atom stereocenters. The largest absolute Gasteiger partial charge is 0.360 e. The van der Waals surface area contributed by atoms with Gasteiger partial charge < -0.3 is 9.84 Å². The van der Waals surface area contributed by atoms with Crippen molar-refractivity contribution in [2.24, 2.45) is 0 Å². The van der Waals surface area contributed by atoms with Crippen molar-refractivity contribution in [3.8, 4) is 0 Å².